The van der Waals surface area contributed by atoms with Crippen LogP contribution in [0.15, 0.2) is 45.9 Å². The highest BCUT2D eigenvalue weighted by atomic mass is 79.9. The van der Waals surface area contributed by atoms with Crippen LogP contribution in [-0.4, -0.2) is 23.2 Å². The number of halogens is 1. The van der Waals surface area contributed by atoms with Crippen molar-refractivity contribution in [3.63, 3.8) is 0 Å². The van der Waals surface area contributed by atoms with Gasteiger partial charge in [-0.3, -0.25) is 9.69 Å². The van der Waals surface area contributed by atoms with Crippen LogP contribution in [0.1, 0.15) is 18.1 Å². The number of nitrogens with zero attached hydrogens (tertiary/aromatic N) is 2. The summed E-state index contributed by atoms with van der Waals surface area (Å²) in [5, 5.41) is 0. The number of aryl methyl sites for hydroxylation is 2. The number of hydrogen-bond acceptors (Lipinski definition) is 3. The van der Waals surface area contributed by atoms with Crippen molar-refractivity contribution in [1.29, 1.82) is 0 Å². The van der Waals surface area contributed by atoms with Crippen molar-refractivity contribution >= 4 is 39.4 Å². The molecule has 0 atom stereocenters. The van der Waals surface area contributed by atoms with E-state index in [1.165, 1.54) is 11.1 Å². The van der Waals surface area contributed by atoms with Crippen molar-refractivity contribution in [2.75, 3.05) is 17.2 Å². The van der Waals surface area contributed by atoms with Crippen LogP contribution in [0.25, 0.3) is 0 Å². The van der Waals surface area contributed by atoms with Gasteiger partial charge < -0.3 is 0 Å². The van der Waals surface area contributed by atoms with Gasteiger partial charge in [-0.25, -0.2) is 4.98 Å². The molecular weight excluding hydrogens is 360 g/mol. The lowest BCUT2D eigenvalue weighted by Crippen LogP contribution is -2.32. The summed E-state index contributed by atoms with van der Waals surface area (Å²) in [6.07, 6.45) is 1.71. The van der Waals surface area contributed by atoms with Crippen molar-refractivity contribution in [3.8, 4) is 0 Å². The summed E-state index contributed by atoms with van der Waals surface area (Å²) in [5.74, 6) is 1.18. The standard InChI is InChI=1S/C17H19BrN2OS/c1-4-20(16-8-7-14(18)10-19-16)17(21)11-22-15-9-12(2)5-6-13(15)3/h5-10H,4,11H2,1-3H3. The van der Waals surface area contributed by atoms with Crippen LogP contribution < -0.4 is 4.90 Å². The van der Waals surface area contributed by atoms with Crippen molar-refractivity contribution in [1.82, 2.24) is 4.98 Å². The second-order valence-electron chi connectivity index (χ2n) is 5.03. The first-order valence-corrected chi connectivity index (χ1v) is 8.91. The predicted octanol–water partition coefficient (Wildman–Crippen LogP) is 4.61. The summed E-state index contributed by atoms with van der Waals surface area (Å²) in [6.45, 7) is 6.71. The van der Waals surface area contributed by atoms with Crippen LogP contribution >= 0.6 is 27.7 Å². The van der Waals surface area contributed by atoms with Crippen molar-refractivity contribution in [2.45, 2.75) is 25.7 Å². The Morgan fingerprint density at radius 2 is 2.05 bits per heavy atom. The average Bonchev–Trinajstić information content (AvgIpc) is 2.51. The van der Waals surface area contributed by atoms with E-state index in [4.69, 9.17) is 0 Å². The van der Waals surface area contributed by atoms with Gasteiger partial charge in [0, 0.05) is 22.1 Å². The number of anilines is 1. The van der Waals surface area contributed by atoms with E-state index in [0.29, 0.717) is 18.1 Å². The second kappa shape index (κ2) is 7.79. The molecule has 0 fully saturated rings. The third-order valence-corrected chi connectivity index (χ3v) is 4.91. The molecule has 0 unspecified atom stereocenters. The van der Waals surface area contributed by atoms with E-state index in [0.717, 1.165) is 9.37 Å². The van der Waals surface area contributed by atoms with Crippen LogP contribution in [0, 0.1) is 13.8 Å². The number of carbonyl (C=O) groups excluding carboxylic acids is 1. The third-order valence-electron chi connectivity index (χ3n) is 3.30. The van der Waals surface area contributed by atoms with Gasteiger partial charge in [0.25, 0.3) is 0 Å². The van der Waals surface area contributed by atoms with Gasteiger partial charge >= 0.3 is 0 Å². The minimum atomic E-state index is 0.0724. The van der Waals surface area contributed by atoms with E-state index in [1.807, 2.05) is 19.1 Å². The molecule has 2 aromatic rings. The number of hydrogen-bond donors (Lipinski definition) is 0. The first-order valence-electron chi connectivity index (χ1n) is 7.13. The molecule has 0 aliphatic carbocycles. The second-order valence-corrected chi connectivity index (χ2v) is 6.96. The highest BCUT2D eigenvalue weighted by molar-refractivity contribution is 9.10. The fourth-order valence-electron chi connectivity index (χ4n) is 2.07. The number of benzene rings is 1. The molecule has 0 spiro atoms. The van der Waals surface area contributed by atoms with Crippen LogP contribution in [-0.2, 0) is 4.79 Å². The van der Waals surface area contributed by atoms with Crippen molar-refractivity contribution in [2.24, 2.45) is 0 Å². The maximum Gasteiger partial charge on any atom is 0.238 e. The van der Waals surface area contributed by atoms with E-state index in [1.54, 1.807) is 22.9 Å². The molecule has 1 aromatic carbocycles. The summed E-state index contributed by atoms with van der Waals surface area (Å²) < 4.78 is 0.907. The minimum Gasteiger partial charge on any atom is -0.296 e. The van der Waals surface area contributed by atoms with Crippen molar-refractivity contribution < 1.29 is 4.79 Å². The zero-order valence-corrected chi connectivity index (χ0v) is 15.4. The number of amides is 1. The van der Waals surface area contributed by atoms with Crippen LogP contribution in [0.4, 0.5) is 5.82 Å². The molecule has 0 N–H and O–H groups in total. The quantitative estimate of drug-likeness (QED) is 0.712. The normalized spacial score (nSPS) is 10.5. The average molecular weight is 379 g/mol. The summed E-state index contributed by atoms with van der Waals surface area (Å²) in [5.41, 5.74) is 2.41. The maximum absolute atomic E-state index is 12.5. The first-order chi connectivity index (χ1) is 10.5. The van der Waals surface area contributed by atoms with Crippen LogP contribution in [0.3, 0.4) is 0 Å². The number of pyridine rings is 1. The van der Waals surface area contributed by atoms with Gasteiger partial charge in [-0.2, -0.15) is 0 Å². The van der Waals surface area contributed by atoms with E-state index >= 15 is 0 Å². The molecule has 2 rings (SSSR count). The lowest BCUT2D eigenvalue weighted by atomic mass is 10.2. The molecule has 0 bridgehead atoms. The Balaban J connectivity index is 2.06. The number of rotatable bonds is 5. The maximum atomic E-state index is 12.5. The Morgan fingerprint density at radius 3 is 2.68 bits per heavy atom. The molecule has 3 nitrogen and oxygen atoms in total. The first kappa shape index (κ1) is 17.0. The largest absolute Gasteiger partial charge is 0.296 e. The fourth-order valence-corrected chi connectivity index (χ4v) is 3.31. The van der Waals surface area contributed by atoms with Gasteiger partial charge in [-0.05, 0) is 60.5 Å². The van der Waals surface area contributed by atoms with Gasteiger partial charge in [0.1, 0.15) is 5.82 Å². The Hall–Kier alpha value is -1.33. The zero-order chi connectivity index (χ0) is 16.1. The summed E-state index contributed by atoms with van der Waals surface area (Å²) in [7, 11) is 0. The lowest BCUT2D eigenvalue weighted by Gasteiger charge is -2.20. The SMILES string of the molecule is CCN(C(=O)CSc1cc(C)ccc1C)c1ccc(Br)cn1. The van der Waals surface area contributed by atoms with Gasteiger partial charge in [-0.15, -0.1) is 11.8 Å². The molecular formula is C17H19BrN2OS. The number of aromatic nitrogens is 1. The summed E-state index contributed by atoms with van der Waals surface area (Å²) in [4.78, 5) is 19.7. The van der Waals surface area contributed by atoms with E-state index in [9.17, 15) is 4.79 Å². The number of thioether (sulfide) groups is 1. The smallest absolute Gasteiger partial charge is 0.238 e. The molecule has 22 heavy (non-hydrogen) atoms. The molecule has 0 aliphatic heterocycles. The highest BCUT2D eigenvalue weighted by Crippen LogP contribution is 2.24. The zero-order valence-electron chi connectivity index (χ0n) is 13.0. The molecule has 116 valence electrons. The molecule has 1 aromatic heterocycles. The molecule has 1 heterocycles. The predicted molar refractivity (Wildman–Crippen MR) is 96.6 cm³/mol. The minimum absolute atomic E-state index is 0.0724. The summed E-state index contributed by atoms with van der Waals surface area (Å²) >= 11 is 4.94. The Morgan fingerprint density at radius 1 is 1.27 bits per heavy atom. The molecule has 5 heteroatoms. The van der Waals surface area contributed by atoms with E-state index in [2.05, 4.69) is 53.0 Å². The topological polar surface area (TPSA) is 33.2 Å². The highest BCUT2D eigenvalue weighted by Gasteiger charge is 2.15. The van der Waals surface area contributed by atoms with Gasteiger partial charge in [-0.1, -0.05) is 17.7 Å². The molecule has 0 radical (unpaired) electrons. The van der Waals surface area contributed by atoms with E-state index in [-0.39, 0.29) is 5.91 Å². The molecule has 0 aliphatic rings. The number of carbonyl (C=O) groups is 1. The van der Waals surface area contributed by atoms with Gasteiger partial charge in [0.15, 0.2) is 0 Å². The molecule has 0 saturated carbocycles. The monoisotopic (exact) mass is 378 g/mol. The molecule has 0 saturated heterocycles. The Kier molecular flexibility index (Phi) is 6.03. The van der Waals surface area contributed by atoms with Crippen molar-refractivity contribution in [3.05, 3.63) is 52.1 Å². The Bertz CT molecular complexity index is 658. The third kappa shape index (κ3) is 4.34. The van der Waals surface area contributed by atoms with E-state index < -0.39 is 0 Å². The summed E-state index contributed by atoms with van der Waals surface area (Å²) in [6, 6.07) is 10.1. The van der Waals surface area contributed by atoms with Gasteiger partial charge in [0.05, 0.1) is 5.75 Å². The fraction of sp³-hybridized carbons (Fsp3) is 0.294. The van der Waals surface area contributed by atoms with Crippen LogP contribution in [0.5, 0.6) is 0 Å². The lowest BCUT2D eigenvalue weighted by molar-refractivity contribution is -0.116. The molecule has 1 amide bonds. The van der Waals surface area contributed by atoms with Gasteiger partial charge in [0.2, 0.25) is 5.91 Å². The van der Waals surface area contributed by atoms with Crippen LogP contribution in [0.2, 0.25) is 0 Å². The Labute approximate surface area is 144 Å².